The number of benzene rings is 1. The van der Waals surface area contributed by atoms with Crippen LogP contribution in [0.1, 0.15) is 24.2 Å². The molecule has 0 bridgehead atoms. The molecular formula is C9H12FNO. The first-order chi connectivity index (χ1) is 5.65. The van der Waals surface area contributed by atoms with Crippen molar-refractivity contribution in [1.82, 2.24) is 0 Å². The van der Waals surface area contributed by atoms with Crippen molar-refractivity contribution in [1.29, 1.82) is 0 Å². The van der Waals surface area contributed by atoms with Gasteiger partial charge < -0.3 is 10.8 Å². The van der Waals surface area contributed by atoms with Gasteiger partial charge in [0.15, 0.2) is 0 Å². The van der Waals surface area contributed by atoms with Crippen LogP contribution in [0.3, 0.4) is 0 Å². The molecule has 1 rings (SSSR count). The third kappa shape index (κ3) is 1.74. The van der Waals surface area contributed by atoms with E-state index in [-0.39, 0.29) is 12.3 Å². The highest BCUT2D eigenvalue weighted by Crippen LogP contribution is 2.23. The Labute approximate surface area is 70.8 Å². The number of rotatable bonds is 2. The van der Waals surface area contributed by atoms with Crippen molar-refractivity contribution < 1.29 is 9.50 Å². The van der Waals surface area contributed by atoms with Gasteiger partial charge in [-0.3, -0.25) is 0 Å². The van der Waals surface area contributed by atoms with Crippen LogP contribution in [0, 0.1) is 0 Å². The molecule has 0 radical (unpaired) electrons. The van der Waals surface area contributed by atoms with Gasteiger partial charge in [-0.2, -0.15) is 0 Å². The van der Waals surface area contributed by atoms with Crippen LogP contribution < -0.4 is 5.73 Å². The normalized spacial score (nSPS) is 12.9. The van der Waals surface area contributed by atoms with Crippen LogP contribution in [0.2, 0.25) is 0 Å². The summed E-state index contributed by atoms with van der Waals surface area (Å²) in [5.74, 6) is 0.127. The van der Waals surface area contributed by atoms with Gasteiger partial charge in [0, 0.05) is 12.1 Å². The summed E-state index contributed by atoms with van der Waals surface area (Å²) in [6.07, 6.45) is -1.02. The molecule has 0 saturated carbocycles. The molecule has 3 N–H and O–H groups in total. The van der Waals surface area contributed by atoms with Gasteiger partial charge >= 0.3 is 0 Å². The summed E-state index contributed by atoms with van der Waals surface area (Å²) in [7, 11) is 0. The molecular weight excluding hydrogens is 157 g/mol. The van der Waals surface area contributed by atoms with Crippen LogP contribution in [0.4, 0.5) is 4.39 Å². The Bertz CT molecular complexity index is 273. The molecule has 1 unspecified atom stereocenters. The molecule has 1 aromatic rings. The van der Waals surface area contributed by atoms with Crippen molar-refractivity contribution in [3.8, 4) is 5.75 Å². The van der Waals surface area contributed by atoms with Crippen molar-refractivity contribution in [2.75, 3.05) is 0 Å². The van der Waals surface area contributed by atoms with Gasteiger partial charge in [-0.1, -0.05) is 6.07 Å². The lowest BCUT2D eigenvalue weighted by molar-refractivity contribution is 0.373. The van der Waals surface area contributed by atoms with E-state index < -0.39 is 6.17 Å². The Balaban J connectivity index is 3.05. The van der Waals surface area contributed by atoms with Crippen molar-refractivity contribution >= 4 is 0 Å². The first-order valence-electron chi connectivity index (χ1n) is 3.81. The zero-order valence-corrected chi connectivity index (χ0v) is 6.92. The molecule has 0 saturated heterocycles. The van der Waals surface area contributed by atoms with E-state index in [0.717, 1.165) is 0 Å². The Morgan fingerprint density at radius 3 is 2.75 bits per heavy atom. The van der Waals surface area contributed by atoms with Crippen LogP contribution >= 0.6 is 0 Å². The first kappa shape index (κ1) is 9.00. The molecule has 0 aromatic heterocycles. The maximum absolute atomic E-state index is 12.8. The average molecular weight is 169 g/mol. The number of phenols is 1. The minimum absolute atomic E-state index is 0.127. The van der Waals surface area contributed by atoms with Gasteiger partial charge in [0.2, 0.25) is 0 Å². The molecule has 0 amide bonds. The van der Waals surface area contributed by atoms with E-state index in [1.54, 1.807) is 12.1 Å². The Kier molecular flexibility index (Phi) is 2.65. The summed E-state index contributed by atoms with van der Waals surface area (Å²) in [5.41, 5.74) is 6.47. The van der Waals surface area contributed by atoms with E-state index in [4.69, 9.17) is 5.73 Å². The third-order valence-electron chi connectivity index (χ3n) is 1.78. The minimum atomic E-state index is -1.02. The van der Waals surface area contributed by atoms with Gasteiger partial charge in [-0.15, -0.1) is 0 Å². The SMILES string of the molecule is CC(F)c1ccc(O)c(CN)c1. The smallest absolute Gasteiger partial charge is 0.122 e. The highest BCUT2D eigenvalue weighted by atomic mass is 19.1. The highest BCUT2D eigenvalue weighted by molar-refractivity contribution is 5.36. The van der Waals surface area contributed by atoms with E-state index in [1.807, 2.05) is 0 Å². The second-order valence-corrected chi connectivity index (χ2v) is 2.71. The lowest BCUT2D eigenvalue weighted by Crippen LogP contribution is -1.98. The number of hydrogen-bond acceptors (Lipinski definition) is 2. The standard InChI is InChI=1S/C9H12FNO/c1-6(10)7-2-3-9(12)8(4-7)5-11/h2-4,6,12H,5,11H2,1H3. The van der Waals surface area contributed by atoms with Crippen molar-refractivity contribution in [3.63, 3.8) is 0 Å². The summed E-state index contributed by atoms with van der Waals surface area (Å²) < 4.78 is 12.8. The van der Waals surface area contributed by atoms with Gasteiger partial charge in [0.1, 0.15) is 11.9 Å². The monoisotopic (exact) mass is 169 g/mol. The third-order valence-corrected chi connectivity index (χ3v) is 1.78. The number of hydrogen-bond donors (Lipinski definition) is 2. The van der Waals surface area contributed by atoms with E-state index in [0.29, 0.717) is 11.1 Å². The molecule has 0 spiro atoms. The first-order valence-corrected chi connectivity index (χ1v) is 3.81. The van der Waals surface area contributed by atoms with Crippen LogP contribution in [-0.2, 0) is 6.54 Å². The Morgan fingerprint density at radius 2 is 2.25 bits per heavy atom. The van der Waals surface area contributed by atoms with Gasteiger partial charge in [-0.25, -0.2) is 4.39 Å². The maximum atomic E-state index is 12.8. The molecule has 0 aliphatic rings. The average Bonchev–Trinajstić information content (AvgIpc) is 2.05. The van der Waals surface area contributed by atoms with Gasteiger partial charge in [-0.05, 0) is 24.6 Å². The summed E-state index contributed by atoms with van der Waals surface area (Å²) in [6.45, 7) is 1.68. The largest absolute Gasteiger partial charge is 0.508 e. The zero-order chi connectivity index (χ0) is 9.14. The number of alkyl halides is 1. The second-order valence-electron chi connectivity index (χ2n) is 2.71. The number of phenolic OH excluding ortho intramolecular Hbond substituents is 1. The van der Waals surface area contributed by atoms with Crippen LogP contribution in [-0.4, -0.2) is 5.11 Å². The molecule has 2 nitrogen and oxygen atoms in total. The molecule has 0 aliphatic heterocycles. The molecule has 0 fully saturated rings. The predicted molar refractivity (Wildman–Crippen MR) is 45.5 cm³/mol. The summed E-state index contributed by atoms with van der Waals surface area (Å²) in [5, 5.41) is 9.21. The van der Waals surface area contributed by atoms with E-state index in [9.17, 15) is 9.50 Å². The molecule has 0 aliphatic carbocycles. The summed E-state index contributed by atoms with van der Waals surface area (Å²) >= 11 is 0. The Morgan fingerprint density at radius 1 is 1.58 bits per heavy atom. The highest BCUT2D eigenvalue weighted by Gasteiger charge is 2.05. The Hall–Kier alpha value is -1.09. The number of nitrogens with two attached hydrogens (primary N) is 1. The zero-order valence-electron chi connectivity index (χ0n) is 6.92. The van der Waals surface area contributed by atoms with Crippen LogP contribution in [0.5, 0.6) is 5.75 Å². The predicted octanol–water partition coefficient (Wildman–Crippen LogP) is 1.88. The van der Waals surface area contributed by atoms with Gasteiger partial charge in [0.25, 0.3) is 0 Å². The van der Waals surface area contributed by atoms with Crippen molar-refractivity contribution in [2.45, 2.75) is 19.6 Å². The number of halogens is 1. The minimum Gasteiger partial charge on any atom is -0.508 e. The fourth-order valence-electron chi connectivity index (χ4n) is 1.02. The van der Waals surface area contributed by atoms with E-state index in [1.165, 1.54) is 13.0 Å². The van der Waals surface area contributed by atoms with E-state index >= 15 is 0 Å². The number of aromatic hydroxyl groups is 1. The fraction of sp³-hybridized carbons (Fsp3) is 0.333. The molecule has 0 heterocycles. The van der Waals surface area contributed by atoms with Crippen LogP contribution in [0.25, 0.3) is 0 Å². The van der Waals surface area contributed by atoms with E-state index in [2.05, 4.69) is 0 Å². The lowest BCUT2D eigenvalue weighted by atomic mass is 10.1. The lowest BCUT2D eigenvalue weighted by Gasteiger charge is -2.06. The topological polar surface area (TPSA) is 46.2 Å². The maximum Gasteiger partial charge on any atom is 0.122 e. The molecule has 1 aromatic carbocycles. The molecule has 66 valence electrons. The quantitative estimate of drug-likeness (QED) is 0.710. The summed E-state index contributed by atoms with van der Waals surface area (Å²) in [6, 6.07) is 4.60. The molecule has 3 heteroatoms. The van der Waals surface area contributed by atoms with Crippen LogP contribution in [0.15, 0.2) is 18.2 Å². The molecule has 12 heavy (non-hydrogen) atoms. The molecule has 1 atom stereocenters. The van der Waals surface area contributed by atoms with Crippen molar-refractivity contribution in [2.24, 2.45) is 5.73 Å². The second kappa shape index (κ2) is 3.54. The van der Waals surface area contributed by atoms with Crippen molar-refractivity contribution in [3.05, 3.63) is 29.3 Å². The van der Waals surface area contributed by atoms with Gasteiger partial charge in [0.05, 0.1) is 0 Å². The fourth-order valence-corrected chi connectivity index (χ4v) is 1.02. The summed E-state index contributed by atoms with van der Waals surface area (Å²) in [4.78, 5) is 0.